The number of piperazine rings is 1. The van der Waals surface area contributed by atoms with Gasteiger partial charge < -0.3 is 5.73 Å². The number of rotatable bonds is 5. The van der Waals surface area contributed by atoms with Gasteiger partial charge in [-0.3, -0.25) is 9.69 Å². The van der Waals surface area contributed by atoms with Crippen LogP contribution >= 0.6 is 0 Å². The molecule has 0 unspecified atom stereocenters. The summed E-state index contributed by atoms with van der Waals surface area (Å²) in [6.07, 6.45) is 0. The number of benzene rings is 1. The summed E-state index contributed by atoms with van der Waals surface area (Å²) in [5.74, 6) is -0.288. The van der Waals surface area contributed by atoms with Crippen LogP contribution in [0.25, 0.3) is 0 Å². The lowest BCUT2D eigenvalue weighted by molar-refractivity contribution is 0.1000. The molecule has 0 saturated carbocycles. The van der Waals surface area contributed by atoms with E-state index < -0.39 is 15.9 Å². The van der Waals surface area contributed by atoms with Crippen molar-refractivity contribution in [2.45, 2.75) is 13.5 Å². The number of nitrogens with two attached hydrogens (primary N) is 1. The maximum atomic E-state index is 11.8. The second kappa shape index (κ2) is 6.55. The fourth-order valence-electron chi connectivity index (χ4n) is 2.43. The van der Waals surface area contributed by atoms with Gasteiger partial charge in [-0.2, -0.15) is 4.31 Å². The number of carbonyl (C=O) groups excluding carboxylic acids is 1. The first-order valence-electron chi connectivity index (χ1n) is 7.01. The Morgan fingerprint density at radius 3 is 2.48 bits per heavy atom. The van der Waals surface area contributed by atoms with Crippen LogP contribution in [-0.2, 0) is 16.6 Å². The van der Waals surface area contributed by atoms with Gasteiger partial charge in [-0.25, -0.2) is 8.42 Å². The van der Waals surface area contributed by atoms with Crippen LogP contribution in [-0.4, -0.2) is 55.5 Å². The molecule has 21 heavy (non-hydrogen) atoms. The summed E-state index contributed by atoms with van der Waals surface area (Å²) < 4.78 is 25.1. The molecule has 0 atom stereocenters. The van der Waals surface area contributed by atoms with Crippen LogP contribution in [0.2, 0.25) is 0 Å². The van der Waals surface area contributed by atoms with Crippen molar-refractivity contribution in [1.82, 2.24) is 9.21 Å². The highest BCUT2D eigenvalue weighted by Crippen LogP contribution is 2.12. The Morgan fingerprint density at radius 1 is 1.24 bits per heavy atom. The summed E-state index contributed by atoms with van der Waals surface area (Å²) in [5, 5.41) is 0. The van der Waals surface area contributed by atoms with Gasteiger partial charge in [0.25, 0.3) is 0 Å². The third kappa shape index (κ3) is 4.03. The van der Waals surface area contributed by atoms with Crippen LogP contribution in [0.3, 0.4) is 0 Å². The molecule has 0 radical (unpaired) electrons. The summed E-state index contributed by atoms with van der Waals surface area (Å²) >= 11 is 0. The molecule has 0 bridgehead atoms. The lowest BCUT2D eigenvalue weighted by Crippen LogP contribution is -2.48. The quantitative estimate of drug-likeness (QED) is 0.845. The van der Waals surface area contributed by atoms with Crippen LogP contribution in [0.4, 0.5) is 0 Å². The van der Waals surface area contributed by atoms with Gasteiger partial charge in [-0.05, 0) is 24.6 Å². The molecule has 0 aromatic heterocycles. The van der Waals surface area contributed by atoms with E-state index in [1.807, 2.05) is 12.1 Å². The molecule has 1 heterocycles. The van der Waals surface area contributed by atoms with Crippen molar-refractivity contribution >= 4 is 15.9 Å². The highest BCUT2D eigenvalue weighted by atomic mass is 32.2. The Kier molecular flexibility index (Phi) is 4.97. The Bertz CT molecular complexity index is 608. The van der Waals surface area contributed by atoms with Gasteiger partial charge in [0.05, 0.1) is 5.75 Å². The van der Waals surface area contributed by atoms with Crippen LogP contribution in [0.15, 0.2) is 24.3 Å². The summed E-state index contributed by atoms with van der Waals surface area (Å²) in [6, 6.07) is 7.24. The third-order valence-corrected chi connectivity index (χ3v) is 5.59. The maximum Gasteiger partial charge on any atom is 0.248 e. The molecule has 6 nitrogen and oxygen atoms in total. The van der Waals surface area contributed by atoms with Gasteiger partial charge >= 0.3 is 0 Å². The van der Waals surface area contributed by atoms with Gasteiger partial charge in [0, 0.05) is 38.3 Å². The normalized spacial score (nSPS) is 17.8. The molecular weight excluding hydrogens is 290 g/mol. The average Bonchev–Trinajstić information content (AvgIpc) is 2.48. The van der Waals surface area contributed by atoms with E-state index in [1.165, 1.54) is 0 Å². The fourth-order valence-corrected chi connectivity index (χ4v) is 3.51. The summed E-state index contributed by atoms with van der Waals surface area (Å²) in [6.45, 7) is 4.79. The zero-order chi connectivity index (χ0) is 15.5. The minimum atomic E-state index is -3.09. The van der Waals surface area contributed by atoms with E-state index in [1.54, 1.807) is 23.4 Å². The van der Waals surface area contributed by atoms with Crippen molar-refractivity contribution in [3.05, 3.63) is 35.4 Å². The molecule has 1 aliphatic heterocycles. The molecule has 1 aromatic carbocycles. The van der Waals surface area contributed by atoms with Crippen molar-refractivity contribution in [3.8, 4) is 0 Å². The SMILES string of the molecule is CCS(=O)(=O)N1CCN(Cc2cccc(C(N)=O)c2)CC1. The summed E-state index contributed by atoms with van der Waals surface area (Å²) in [7, 11) is -3.09. The second-order valence-corrected chi connectivity index (χ2v) is 7.40. The average molecular weight is 311 g/mol. The van der Waals surface area contributed by atoms with Gasteiger partial charge in [0.2, 0.25) is 15.9 Å². The topological polar surface area (TPSA) is 83.7 Å². The maximum absolute atomic E-state index is 11.8. The molecule has 116 valence electrons. The van der Waals surface area contributed by atoms with E-state index in [0.717, 1.165) is 5.56 Å². The van der Waals surface area contributed by atoms with Crippen molar-refractivity contribution < 1.29 is 13.2 Å². The van der Waals surface area contributed by atoms with Crippen molar-refractivity contribution in [3.63, 3.8) is 0 Å². The Morgan fingerprint density at radius 2 is 1.90 bits per heavy atom. The number of hydrogen-bond donors (Lipinski definition) is 1. The Labute approximate surface area is 125 Å². The van der Waals surface area contributed by atoms with Gasteiger partial charge in [-0.15, -0.1) is 0 Å². The van der Waals surface area contributed by atoms with Gasteiger partial charge in [0.15, 0.2) is 0 Å². The highest BCUT2D eigenvalue weighted by Gasteiger charge is 2.25. The smallest absolute Gasteiger partial charge is 0.248 e. The number of hydrogen-bond acceptors (Lipinski definition) is 4. The third-order valence-electron chi connectivity index (χ3n) is 3.71. The van der Waals surface area contributed by atoms with Gasteiger partial charge in [0.1, 0.15) is 0 Å². The monoisotopic (exact) mass is 311 g/mol. The number of primary amides is 1. The number of sulfonamides is 1. The molecule has 7 heteroatoms. The molecule has 1 aromatic rings. The minimum Gasteiger partial charge on any atom is -0.366 e. The van der Waals surface area contributed by atoms with Crippen LogP contribution in [0, 0.1) is 0 Å². The van der Waals surface area contributed by atoms with E-state index in [-0.39, 0.29) is 5.75 Å². The molecule has 2 rings (SSSR count). The molecule has 1 amide bonds. The van der Waals surface area contributed by atoms with E-state index in [9.17, 15) is 13.2 Å². The second-order valence-electron chi connectivity index (χ2n) is 5.14. The molecule has 0 spiro atoms. The lowest BCUT2D eigenvalue weighted by Gasteiger charge is -2.33. The predicted molar refractivity (Wildman–Crippen MR) is 81.3 cm³/mol. The van der Waals surface area contributed by atoms with Gasteiger partial charge in [-0.1, -0.05) is 12.1 Å². The molecule has 0 aliphatic carbocycles. The molecular formula is C14H21N3O3S. The Hall–Kier alpha value is -1.44. The molecule has 1 fully saturated rings. The van der Waals surface area contributed by atoms with Crippen molar-refractivity contribution in [2.24, 2.45) is 5.73 Å². The molecule has 1 saturated heterocycles. The number of amides is 1. The lowest BCUT2D eigenvalue weighted by atomic mass is 10.1. The first kappa shape index (κ1) is 15.9. The fraction of sp³-hybridized carbons (Fsp3) is 0.500. The van der Waals surface area contributed by atoms with Crippen LogP contribution < -0.4 is 5.73 Å². The molecule has 1 aliphatic rings. The summed E-state index contributed by atoms with van der Waals surface area (Å²) in [5.41, 5.74) is 6.78. The zero-order valence-corrected chi connectivity index (χ0v) is 13.0. The number of carbonyl (C=O) groups is 1. The highest BCUT2D eigenvalue weighted by molar-refractivity contribution is 7.89. The minimum absolute atomic E-state index is 0.146. The van der Waals surface area contributed by atoms with E-state index >= 15 is 0 Å². The summed E-state index contributed by atoms with van der Waals surface area (Å²) in [4.78, 5) is 13.3. The van der Waals surface area contributed by atoms with Crippen molar-refractivity contribution in [2.75, 3.05) is 31.9 Å². The van der Waals surface area contributed by atoms with E-state index in [2.05, 4.69) is 4.90 Å². The largest absolute Gasteiger partial charge is 0.366 e. The van der Waals surface area contributed by atoms with Crippen LogP contribution in [0.5, 0.6) is 0 Å². The van der Waals surface area contributed by atoms with E-state index in [0.29, 0.717) is 38.3 Å². The van der Waals surface area contributed by atoms with Crippen LogP contribution in [0.1, 0.15) is 22.8 Å². The predicted octanol–water partition coefficient (Wildman–Crippen LogP) is 0.253. The first-order valence-corrected chi connectivity index (χ1v) is 8.62. The van der Waals surface area contributed by atoms with Crippen molar-refractivity contribution in [1.29, 1.82) is 0 Å². The number of nitrogens with zero attached hydrogens (tertiary/aromatic N) is 2. The standard InChI is InChI=1S/C14H21N3O3S/c1-2-21(19,20)17-8-6-16(7-9-17)11-12-4-3-5-13(10-12)14(15)18/h3-5,10H,2,6-9,11H2,1H3,(H2,15,18). The first-order chi connectivity index (χ1) is 9.92. The zero-order valence-electron chi connectivity index (χ0n) is 12.2. The van der Waals surface area contributed by atoms with E-state index in [4.69, 9.17) is 5.73 Å². The molecule has 2 N–H and O–H groups in total. The Balaban J connectivity index is 1.95.